The highest BCUT2D eigenvalue weighted by atomic mass is 16.6. The van der Waals surface area contributed by atoms with Gasteiger partial charge in [0.2, 0.25) is 0 Å². The number of carbonyl (C=O) groups is 1. The molecule has 0 radical (unpaired) electrons. The Hall–Kier alpha value is -2.30. The Morgan fingerprint density at radius 2 is 1.92 bits per heavy atom. The molecule has 128 valence electrons. The Bertz CT molecular complexity index is 676. The number of nitrogens with zero attached hydrogens (tertiary/aromatic N) is 2. The number of aromatic amines is 1. The van der Waals surface area contributed by atoms with Crippen LogP contribution in [0.3, 0.4) is 0 Å². The van der Waals surface area contributed by atoms with Gasteiger partial charge in [-0.25, -0.2) is 9.78 Å². The number of imidazole rings is 1. The molecule has 0 fully saturated rings. The molecule has 5 nitrogen and oxygen atoms in total. The molecule has 0 aliphatic carbocycles. The van der Waals surface area contributed by atoms with Gasteiger partial charge in [0.05, 0.1) is 12.0 Å². The van der Waals surface area contributed by atoms with Crippen molar-refractivity contribution >= 4 is 6.09 Å². The van der Waals surface area contributed by atoms with Crippen molar-refractivity contribution in [3.05, 3.63) is 53.1 Å². The van der Waals surface area contributed by atoms with Gasteiger partial charge in [0.1, 0.15) is 6.61 Å². The minimum Gasteiger partial charge on any atom is -0.445 e. The lowest BCUT2D eigenvalue weighted by molar-refractivity contribution is 0.0976. The first-order valence-electron chi connectivity index (χ1n) is 8.46. The molecule has 0 bridgehead atoms. The number of hydrogen-bond acceptors (Lipinski definition) is 3. The molecule has 0 spiro atoms. The summed E-state index contributed by atoms with van der Waals surface area (Å²) in [6.45, 7) is 8.18. The average molecular weight is 327 g/mol. The monoisotopic (exact) mass is 327 g/mol. The second-order valence-corrected chi connectivity index (χ2v) is 7.32. The number of aromatic nitrogens is 2. The van der Waals surface area contributed by atoms with Gasteiger partial charge in [0, 0.05) is 31.6 Å². The molecule has 1 aliphatic heterocycles. The number of rotatable bonds is 2. The summed E-state index contributed by atoms with van der Waals surface area (Å²) < 4.78 is 5.48. The minimum absolute atomic E-state index is 0.130. The van der Waals surface area contributed by atoms with E-state index in [0.29, 0.717) is 19.7 Å². The number of benzene rings is 1. The van der Waals surface area contributed by atoms with E-state index in [4.69, 9.17) is 4.74 Å². The Morgan fingerprint density at radius 3 is 2.62 bits per heavy atom. The third-order valence-electron chi connectivity index (χ3n) is 4.50. The van der Waals surface area contributed by atoms with Crippen molar-refractivity contribution in [2.45, 2.75) is 45.6 Å². The van der Waals surface area contributed by atoms with Crippen LogP contribution in [0.2, 0.25) is 0 Å². The molecule has 3 rings (SSSR count). The van der Waals surface area contributed by atoms with Crippen LogP contribution in [0.1, 0.15) is 43.3 Å². The van der Waals surface area contributed by atoms with E-state index in [1.54, 1.807) is 11.2 Å². The summed E-state index contributed by atoms with van der Waals surface area (Å²) in [7, 11) is 0. The molecule has 0 atom stereocenters. The molecule has 5 heteroatoms. The Balaban J connectivity index is 1.53. The van der Waals surface area contributed by atoms with Crippen molar-refractivity contribution in [1.29, 1.82) is 0 Å². The van der Waals surface area contributed by atoms with Crippen LogP contribution in [0.25, 0.3) is 0 Å². The summed E-state index contributed by atoms with van der Waals surface area (Å²) in [6.07, 6.45) is 3.04. The molecule has 2 aromatic rings. The summed E-state index contributed by atoms with van der Waals surface area (Å²) in [5.41, 5.74) is 4.61. The van der Waals surface area contributed by atoms with Crippen LogP contribution in [-0.4, -0.2) is 34.1 Å². The number of ether oxygens (including phenoxy) is 1. The molecule has 1 N–H and O–H groups in total. The SMILES string of the molecule is CC(C)(C)c1ccc(COC(=O)N2CCc3nc[nH]c3CC2)cc1. The van der Waals surface area contributed by atoms with E-state index < -0.39 is 0 Å². The van der Waals surface area contributed by atoms with E-state index in [2.05, 4.69) is 42.9 Å². The van der Waals surface area contributed by atoms with E-state index in [9.17, 15) is 4.79 Å². The summed E-state index contributed by atoms with van der Waals surface area (Å²) in [5.74, 6) is 0. The Kier molecular flexibility index (Phi) is 4.60. The zero-order valence-corrected chi connectivity index (χ0v) is 14.6. The van der Waals surface area contributed by atoms with Crippen LogP contribution in [0.15, 0.2) is 30.6 Å². The largest absolute Gasteiger partial charge is 0.445 e. The summed E-state index contributed by atoms with van der Waals surface area (Å²) >= 11 is 0. The van der Waals surface area contributed by atoms with Crippen LogP contribution >= 0.6 is 0 Å². The Morgan fingerprint density at radius 1 is 1.21 bits per heavy atom. The van der Waals surface area contributed by atoms with E-state index >= 15 is 0 Å². The number of nitrogens with one attached hydrogen (secondary N) is 1. The molecular weight excluding hydrogens is 302 g/mol. The molecular formula is C19H25N3O2. The van der Waals surface area contributed by atoms with Gasteiger partial charge in [-0.15, -0.1) is 0 Å². The lowest BCUT2D eigenvalue weighted by Crippen LogP contribution is -2.33. The molecule has 24 heavy (non-hydrogen) atoms. The first-order chi connectivity index (χ1) is 11.4. The van der Waals surface area contributed by atoms with Gasteiger partial charge >= 0.3 is 6.09 Å². The smallest absolute Gasteiger partial charge is 0.410 e. The van der Waals surface area contributed by atoms with Gasteiger partial charge in [-0.3, -0.25) is 0 Å². The molecule has 1 aromatic heterocycles. The Labute approximate surface area is 143 Å². The van der Waals surface area contributed by atoms with Crippen LogP contribution in [0, 0.1) is 0 Å². The summed E-state index contributed by atoms with van der Waals surface area (Å²) in [4.78, 5) is 21.5. The highest BCUT2D eigenvalue weighted by Crippen LogP contribution is 2.22. The minimum atomic E-state index is -0.250. The molecule has 0 saturated heterocycles. The molecule has 2 heterocycles. The molecule has 1 aliphatic rings. The van der Waals surface area contributed by atoms with Crippen LogP contribution < -0.4 is 0 Å². The van der Waals surface area contributed by atoms with Gasteiger partial charge in [0.15, 0.2) is 0 Å². The van der Waals surface area contributed by atoms with Crippen molar-refractivity contribution < 1.29 is 9.53 Å². The number of H-pyrrole nitrogens is 1. The number of carbonyl (C=O) groups excluding carboxylic acids is 1. The zero-order chi connectivity index (χ0) is 17.2. The average Bonchev–Trinajstić information content (AvgIpc) is 2.90. The fourth-order valence-corrected chi connectivity index (χ4v) is 2.90. The van der Waals surface area contributed by atoms with E-state index in [1.165, 1.54) is 5.56 Å². The molecule has 0 saturated carbocycles. The normalized spacial score (nSPS) is 14.9. The molecule has 1 aromatic carbocycles. The summed E-state index contributed by atoms with van der Waals surface area (Å²) in [5, 5.41) is 0. The van der Waals surface area contributed by atoms with Crippen molar-refractivity contribution in [3.8, 4) is 0 Å². The third kappa shape index (κ3) is 3.78. The maximum atomic E-state index is 12.3. The zero-order valence-electron chi connectivity index (χ0n) is 14.6. The number of hydrogen-bond donors (Lipinski definition) is 1. The first kappa shape index (κ1) is 16.6. The lowest BCUT2D eigenvalue weighted by atomic mass is 9.87. The second kappa shape index (κ2) is 6.67. The summed E-state index contributed by atoms with van der Waals surface area (Å²) in [6, 6.07) is 8.27. The third-order valence-corrected chi connectivity index (χ3v) is 4.50. The van der Waals surface area contributed by atoms with Crippen LogP contribution in [0.5, 0.6) is 0 Å². The highest BCUT2D eigenvalue weighted by Gasteiger charge is 2.21. The molecule has 0 unspecified atom stereocenters. The fourth-order valence-electron chi connectivity index (χ4n) is 2.90. The standard InChI is InChI=1S/C19H25N3O2/c1-19(2,3)15-6-4-14(5-7-15)12-24-18(23)22-10-8-16-17(9-11-22)21-13-20-16/h4-7,13H,8-12H2,1-3H3,(H,20,21). The van der Waals surface area contributed by atoms with Crippen LogP contribution in [-0.2, 0) is 29.6 Å². The van der Waals surface area contributed by atoms with Gasteiger partial charge in [-0.05, 0) is 16.5 Å². The fraction of sp³-hybridized carbons (Fsp3) is 0.474. The highest BCUT2D eigenvalue weighted by molar-refractivity contribution is 5.67. The predicted molar refractivity (Wildman–Crippen MR) is 92.9 cm³/mol. The van der Waals surface area contributed by atoms with Crippen LogP contribution in [0.4, 0.5) is 4.79 Å². The quantitative estimate of drug-likeness (QED) is 0.919. The van der Waals surface area contributed by atoms with Crippen molar-refractivity contribution in [1.82, 2.24) is 14.9 Å². The van der Waals surface area contributed by atoms with Gasteiger partial charge in [-0.1, -0.05) is 45.0 Å². The van der Waals surface area contributed by atoms with Crippen molar-refractivity contribution in [2.24, 2.45) is 0 Å². The topological polar surface area (TPSA) is 58.2 Å². The predicted octanol–water partition coefficient (Wildman–Crippen LogP) is 3.44. The van der Waals surface area contributed by atoms with E-state index in [0.717, 1.165) is 29.8 Å². The number of fused-ring (bicyclic) bond motifs is 1. The second-order valence-electron chi connectivity index (χ2n) is 7.32. The lowest BCUT2D eigenvalue weighted by Gasteiger charge is -2.21. The van der Waals surface area contributed by atoms with E-state index in [-0.39, 0.29) is 11.5 Å². The van der Waals surface area contributed by atoms with Gasteiger partial charge in [-0.2, -0.15) is 0 Å². The maximum Gasteiger partial charge on any atom is 0.410 e. The van der Waals surface area contributed by atoms with E-state index in [1.807, 2.05) is 12.1 Å². The van der Waals surface area contributed by atoms with Gasteiger partial charge < -0.3 is 14.6 Å². The van der Waals surface area contributed by atoms with Gasteiger partial charge in [0.25, 0.3) is 0 Å². The number of amides is 1. The maximum absolute atomic E-state index is 12.3. The first-order valence-corrected chi connectivity index (χ1v) is 8.46. The van der Waals surface area contributed by atoms with Crippen molar-refractivity contribution in [2.75, 3.05) is 13.1 Å². The molecule has 1 amide bonds. The van der Waals surface area contributed by atoms with Crippen molar-refractivity contribution in [3.63, 3.8) is 0 Å².